The third-order valence-electron chi connectivity index (χ3n) is 5.16. The van der Waals surface area contributed by atoms with Crippen molar-refractivity contribution < 1.29 is 9.32 Å². The van der Waals surface area contributed by atoms with Crippen LogP contribution < -0.4 is 5.32 Å². The van der Waals surface area contributed by atoms with Crippen molar-refractivity contribution in [3.63, 3.8) is 0 Å². The van der Waals surface area contributed by atoms with E-state index in [1.807, 2.05) is 43.7 Å². The number of carbonyl (C=O) groups excluding carboxylic acids is 1. The molecule has 0 spiro atoms. The Morgan fingerprint density at radius 3 is 2.67 bits per heavy atom. The Kier molecular flexibility index (Phi) is 5.35. The molecule has 0 radical (unpaired) electrons. The first kappa shape index (κ1) is 19.8. The Morgan fingerprint density at radius 2 is 1.93 bits per heavy atom. The quantitative estimate of drug-likeness (QED) is 0.528. The van der Waals surface area contributed by atoms with Gasteiger partial charge in [0.15, 0.2) is 0 Å². The maximum Gasteiger partial charge on any atom is 0.258 e. The standard InChI is InChI=1S/C23H25N5O2/c1-5-19-11-20(21-16(4)27-30-23(21)25-19)22(29)24-12-17-7-6-8-18(10-17)13-28-15(3)9-14(2)26-28/h6-11H,5,12-13H2,1-4H3,(H,24,29). The van der Waals surface area contributed by atoms with Gasteiger partial charge in [-0.2, -0.15) is 5.10 Å². The van der Waals surface area contributed by atoms with Gasteiger partial charge in [-0.15, -0.1) is 0 Å². The van der Waals surface area contributed by atoms with Crippen LogP contribution in [0.1, 0.15) is 51.2 Å². The van der Waals surface area contributed by atoms with Crippen molar-refractivity contribution in [3.8, 4) is 0 Å². The fourth-order valence-corrected chi connectivity index (χ4v) is 3.63. The summed E-state index contributed by atoms with van der Waals surface area (Å²) in [6.07, 6.45) is 0.713. The highest BCUT2D eigenvalue weighted by Gasteiger charge is 2.18. The van der Waals surface area contributed by atoms with E-state index in [0.29, 0.717) is 41.9 Å². The number of aryl methyl sites for hydroxylation is 4. The minimum atomic E-state index is -0.160. The van der Waals surface area contributed by atoms with E-state index in [-0.39, 0.29) is 5.91 Å². The molecular weight excluding hydrogens is 378 g/mol. The molecule has 0 unspecified atom stereocenters. The number of carbonyl (C=O) groups is 1. The van der Waals surface area contributed by atoms with Gasteiger partial charge in [-0.05, 0) is 50.5 Å². The Hall–Kier alpha value is -3.48. The lowest BCUT2D eigenvalue weighted by atomic mass is 10.1. The van der Waals surface area contributed by atoms with Gasteiger partial charge in [0.05, 0.1) is 28.9 Å². The molecule has 1 amide bonds. The second-order valence-corrected chi connectivity index (χ2v) is 7.55. The average Bonchev–Trinajstić information content (AvgIpc) is 3.26. The van der Waals surface area contributed by atoms with Crippen molar-refractivity contribution in [2.24, 2.45) is 0 Å². The molecule has 0 fully saturated rings. The second-order valence-electron chi connectivity index (χ2n) is 7.55. The summed E-state index contributed by atoms with van der Waals surface area (Å²) < 4.78 is 7.27. The number of rotatable bonds is 6. The molecular formula is C23H25N5O2. The molecule has 30 heavy (non-hydrogen) atoms. The maximum atomic E-state index is 13.0. The highest BCUT2D eigenvalue weighted by Crippen LogP contribution is 2.22. The van der Waals surface area contributed by atoms with Crippen LogP contribution >= 0.6 is 0 Å². The number of aromatic nitrogens is 4. The Balaban J connectivity index is 1.51. The lowest BCUT2D eigenvalue weighted by Gasteiger charge is -2.10. The Labute approximate surface area is 175 Å². The summed E-state index contributed by atoms with van der Waals surface area (Å²) in [6.45, 7) is 8.99. The van der Waals surface area contributed by atoms with Gasteiger partial charge in [-0.1, -0.05) is 36.3 Å². The van der Waals surface area contributed by atoms with Crippen LogP contribution in [-0.4, -0.2) is 25.8 Å². The largest absolute Gasteiger partial charge is 0.348 e. The van der Waals surface area contributed by atoms with E-state index in [4.69, 9.17) is 4.52 Å². The number of fused-ring (bicyclic) bond motifs is 1. The zero-order chi connectivity index (χ0) is 21.3. The summed E-state index contributed by atoms with van der Waals surface area (Å²) >= 11 is 0. The van der Waals surface area contributed by atoms with Crippen molar-refractivity contribution >= 4 is 17.0 Å². The lowest BCUT2D eigenvalue weighted by Crippen LogP contribution is -2.23. The summed E-state index contributed by atoms with van der Waals surface area (Å²) in [5, 5.41) is 12.2. The van der Waals surface area contributed by atoms with Gasteiger partial charge in [-0.25, -0.2) is 4.98 Å². The molecule has 0 aliphatic heterocycles. The summed E-state index contributed by atoms with van der Waals surface area (Å²) in [4.78, 5) is 17.4. The third kappa shape index (κ3) is 3.96. The van der Waals surface area contributed by atoms with E-state index in [1.165, 1.54) is 0 Å². The zero-order valence-corrected chi connectivity index (χ0v) is 17.7. The number of hydrogen-bond donors (Lipinski definition) is 1. The highest BCUT2D eigenvalue weighted by atomic mass is 16.5. The molecule has 4 aromatic rings. The van der Waals surface area contributed by atoms with E-state index in [1.54, 1.807) is 0 Å². The fraction of sp³-hybridized carbons (Fsp3) is 0.304. The number of benzene rings is 1. The van der Waals surface area contributed by atoms with Gasteiger partial charge in [0, 0.05) is 17.9 Å². The summed E-state index contributed by atoms with van der Waals surface area (Å²) in [6, 6.07) is 12.1. The minimum absolute atomic E-state index is 0.160. The molecule has 0 bridgehead atoms. The lowest BCUT2D eigenvalue weighted by molar-refractivity contribution is 0.0952. The summed E-state index contributed by atoms with van der Waals surface area (Å²) in [5.41, 5.74) is 6.73. The van der Waals surface area contributed by atoms with Gasteiger partial charge < -0.3 is 9.84 Å². The number of pyridine rings is 1. The first-order valence-corrected chi connectivity index (χ1v) is 10.1. The molecule has 0 saturated carbocycles. The van der Waals surface area contributed by atoms with Crippen molar-refractivity contribution in [1.82, 2.24) is 25.2 Å². The van der Waals surface area contributed by atoms with E-state index < -0.39 is 0 Å². The second kappa shape index (κ2) is 8.10. The topological polar surface area (TPSA) is 85.8 Å². The SMILES string of the molecule is CCc1cc(C(=O)NCc2cccc(Cn3nc(C)cc3C)c2)c2c(C)noc2n1. The predicted octanol–water partition coefficient (Wildman–Crippen LogP) is 3.89. The van der Waals surface area contributed by atoms with E-state index >= 15 is 0 Å². The Morgan fingerprint density at radius 1 is 1.13 bits per heavy atom. The van der Waals surface area contributed by atoms with E-state index in [2.05, 4.69) is 45.7 Å². The molecule has 0 aliphatic carbocycles. The van der Waals surface area contributed by atoms with Crippen LogP contribution in [0.3, 0.4) is 0 Å². The van der Waals surface area contributed by atoms with Crippen molar-refractivity contribution in [3.05, 3.63) is 75.9 Å². The van der Waals surface area contributed by atoms with Crippen LogP contribution in [0.5, 0.6) is 0 Å². The molecule has 0 aliphatic rings. The molecule has 1 N–H and O–H groups in total. The highest BCUT2D eigenvalue weighted by molar-refractivity contribution is 6.06. The van der Waals surface area contributed by atoms with Gasteiger partial charge in [0.1, 0.15) is 0 Å². The van der Waals surface area contributed by atoms with Crippen molar-refractivity contribution in [2.75, 3.05) is 0 Å². The van der Waals surface area contributed by atoms with Gasteiger partial charge in [0.25, 0.3) is 11.6 Å². The van der Waals surface area contributed by atoms with E-state index in [9.17, 15) is 4.79 Å². The number of nitrogens with one attached hydrogen (secondary N) is 1. The first-order chi connectivity index (χ1) is 14.4. The van der Waals surface area contributed by atoms with Crippen LogP contribution in [-0.2, 0) is 19.5 Å². The molecule has 3 heterocycles. The normalized spacial score (nSPS) is 11.2. The third-order valence-corrected chi connectivity index (χ3v) is 5.16. The molecule has 0 atom stereocenters. The number of nitrogens with zero attached hydrogens (tertiary/aromatic N) is 4. The minimum Gasteiger partial charge on any atom is -0.348 e. The van der Waals surface area contributed by atoms with Crippen LogP contribution in [0.4, 0.5) is 0 Å². The molecule has 3 aromatic heterocycles. The molecule has 154 valence electrons. The van der Waals surface area contributed by atoms with Gasteiger partial charge >= 0.3 is 0 Å². The number of hydrogen-bond acceptors (Lipinski definition) is 5. The molecule has 7 nitrogen and oxygen atoms in total. The predicted molar refractivity (Wildman–Crippen MR) is 114 cm³/mol. The molecule has 4 rings (SSSR count). The maximum absolute atomic E-state index is 13.0. The zero-order valence-electron chi connectivity index (χ0n) is 17.7. The van der Waals surface area contributed by atoms with Crippen molar-refractivity contribution in [2.45, 2.75) is 47.2 Å². The van der Waals surface area contributed by atoms with Crippen LogP contribution in [0, 0.1) is 20.8 Å². The van der Waals surface area contributed by atoms with Gasteiger partial charge in [0.2, 0.25) is 0 Å². The summed E-state index contributed by atoms with van der Waals surface area (Å²) in [7, 11) is 0. The molecule has 0 saturated heterocycles. The molecule has 7 heteroatoms. The average molecular weight is 403 g/mol. The monoisotopic (exact) mass is 403 g/mol. The fourth-order valence-electron chi connectivity index (χ4n) is 3.63. The van der Waals surface area contributed by atoms with Gasteiger partial charge in [-0.3, -0.25) is 9.48 Å². The van der Waals surface area contributed by atoms with Crippen LogP contribution in [0.2, 0.25) is 0 Å². The smallest absolute Gasteiger partial charge is 0.258 e. The van der Waals surface area contributed by atoms with Crippen LogP contribution in [0.25, 0.3) is 11.1 Å². The molecule has 1 aromatic carbocycles. The first-order valence-electron chi connectivity index (χ1n) is 10.1. The number of amides is 1. The summed E-state index contributed by atoms with van der Waals surface area (Å²) in [5.74, 6) is -0.160. The Bertz CT molecular complexity index is 1220. The van der Waals surface area contributed by atoms with E-state index in [0.717, 1.165) is 28.2 Å². The van der Waals surface area contributed by atoms with Crippen LogP contribution in [0.15, 0.2) is 40.9 Å². The van der Waals surface area contributed by atoms with Crippen molar-refractivity contribution in [1.29, 1.82) is 0 Å².